The van der Waals surface area contributed by atoms with Gasteiger partial charge in [0.05, 0.1) is 12.2 Å². The van der Waals surface area contributed by atoms with Crippen LogP contribution in [0.15, 0.2) is 5.38 Å². The second-order valence-electron chi connectivity index (χ2n) is 5.06. The number of rotatable bonds is 3. The molecule has 0 atom stereocenters. The van der Waals surface area contributed by atoms with Crippen molar-refractivity contribution in [3.05, 3.63) is 16.1 Å². The molecule has 7 nitrogen and oxygen atoms in total. The number of nitrogens with zero attached hydrogens (tertiary/aromatic N) is 2. The van der Waals surface area contributed by atoms with Gasteiger partial charge in [-0.3, -0.25) is 9.69 Å². The zero-order valence-corrected chi connectivity index (χ0v) is 11.4. The Hall–Kier alpha value is -1.96. The first-order valence-corrected chi connectivity index (χ1v) is 7.22. The molecule has 0 aromatic carbocycles. The van der Waals surface area contributed by atoms with Crippen molar-refractivity contribution in [3.63, 3.8) is 0 Å². The maximum absolute atomic E-state index is 12.4. The minimum absolute atomic E-state index is 0.0240. The summed E-state index contributed by atoms with van der Waals surface area (Å²) in [6.45, 7) is 0.0240. The second-order valence-corrected chi connectivity index (χ2v) is 5.92. The molecule has 1 spiro atoms. The average molecular weight is 295 g/mol. The van der Waals surface area contributed by atoms with E-state index in [0.29, 0.717) is 18.5 Å². The Balaban J connectivity index is 1.78. The Morgan fingerprint density at radius 3 is 2.75 bits per heavy atom. The van der Waals surface area contributed by atoms with E-state index in [0.717, 1.165) is 29.1 Å². The predicted octanol–water partition coefficient (Wildman–Crippen LogP) is 1.21. The molecule has 1 aromatic heterocycles. The van der Waals surface area contributed by atoms with Crippen molar-refractivity contribution in [1.29, 1.82) is 0 Å². The zero-order valence-electron chi connectivity index (χ0n) is 10.6. The van der Waals surface area contributed by atoms with E-state index in [1.54, 1.807) is 5.38 Å². The lowest BCUT2D eigenvalue weighted by molar-refractivity contribution is -0.131. The molecule has 3 amide bonds. The van der Waals surface area contributed by atoms with Crippen molar-refractivity contribution in [2.45, 2.75) is 37.8 Å². The number of carboxylic acid groups (broad SMARTS) is 1. The number of hydrogen-bond donors (Lipinski definition) is 2. The Kier molecular flexibility index (Phi) is 2.97. The van der Waals surface area contributed by atoms with Gasteiger partial charge in [0, 0.05) is 5.38 Å². The van der Waals surface area contributed by atoms with Crippen molar-refractivity contribution in [2.24, 2.45) is 0 Å². The lowest BCUT2D eigenvalue weighted by atomic mass is 9.98. The number of imide groups is 1. The summed E-state index contributed by atoms with van der Waals surface area (Å²) in [6, 6.07) is -0.415. The van der Waals surface area contributed by atoms with Crippen LogP contribution in [-0.4, -0.2) is 38.4 Å². The third-order valence-electron chi connectivity index (χ3n) is 3.76. The van der Waals surface area contributed by atoms with Gasteiger partial charge in [0.1, 0.15) is 5.54 Å². The third kappa shape index (κ3) is 1.96. The van der Waals surface area contributed by atoms with E-state index >= 15 is 0 Å². The van der Waals surface area contributed by atoms with E-state index in [1.165, 1.54) is 0 Å². The summed E-state index contributed by atoms with van der Waals surface area (Å²) in [6.07, 6.45) is 3.20. The molecular weight excluding hydrogens is 282 g/mol. The van der Waals surface area contributed by atoms with Crippen LogP contribution in [0.4, 0.5) is 4.79 Å². The van der Waals surface area contributed by atoms with Crippen LogP contribution < -0.4 is 5.32 Å². The first-order chi connectivity index (χ1) is 9.52. The van der Waals surface area contributed by atoms with Crippen molar-refractivity contribution in [1.82, 2.24) is 15.2 Å². The lowest BCUT2D eigenvalue weighted by Gasteiger charge is -2.19. The Morgan fingerprint density at radius 2 is 2.15 bits per heavy atom. The smallest absolute Gasteiger partial charge is 0.365 e. The highest BCUT2D eigenvalue weighted by molar-refractivity contribution is 7.11. The summed E-state index contributed by atoms with van der Waals surface area (Å²) < 4.78 is 0. The van der Waals surface area contributed by atoms with Gasteiger partial charge in [-0.15, -0.1) is 11.3 Å². The molecule has 0 radical (unpaired) electrons. The van der Waals surface area contributed by atoms with Crippen molar-refractivity contribution in [2.75, 3.05) is 0 Å². The van der Waals surface area contributed by atoms with Gasteiger partial charge < -0.3 is 10.4 Å². The van der Waals surface area contributed by atoms with E-state index in [2.05, 4.69) is 10.3 Å². The molecule has 2 fully saturated rings. The first kappa shape index (κ1) is 13.0. The molecule has 0 bridgehead atoms. The molecule has 1 saturated carbocycles. The highest BCUT2D eigenvalue weighted by Gasteiger charge is 2.52. The third-order valence-corrected chi connectivity index (χ3v) is 4.64. The first-order valence-electron chi connectivity index (χ1n) is 6.34. The minimum atomic E-state index is -1.11. The fraction of sp³-hybridized carbons (Fsp3) is 0.500. The van der Waals surface area contributed by atoms with Crippen molar-refractivity contribution < 1.29 is 19.5 Å². The molecule has 1 saturated heterocycles. The quantitative estimate of drug-likeness (QED) is 0.816. The number of thiazole rings is 1. The highest BCUT2D eigenvalue weighted by atomic mass is 32.1. The topological polar surface area (TPSA) is 99.6 Å². The van der Waals surface area contributed by atoms with Crippen LogP contribution in [0.5, 0.6) is 0 Å². The summed E-state index contributed by atoms with van der Waals surface area (Å²) in [5.41, 5.74) is -0.311. The fourth-order valence-corrected chi connectivity index (χ4v) is 3.42. The number of nitrogens with one attached hydrogen (secondary N) is 1. The van der Waals surface area contributed by atoms with Crippen molar-refractivity contribution >= 4 is 29.2 Å². The number of carboxylic acids is 1. The van der Waals surface area contributed by atoms with E-state index in [1.807, 2.05) is 0 Å². The molecule has 2 N–H and O–H groups in total. The SMILES string of the molecule is O=C(O)c1nc(CN2C(=O)NC3(CCCC3)C2=O)cs1. The molecule has 1 aliphatic carbocycles. The van der Waals surface area contributed by atoms with Crippen LogP contribution in [0, 0.1) is 0 Å². The Labute approximate surface area is 118 Å². The number of amides is 3. The second kappa shape index (κ2) is 4.55. The van der Waals surface area contributed by atoms with Gasteiger partial charge >= 0.3 is 12.0 Å². The minimum Gasteiger partial charge on any atom is -0.476 e. The summed E-state index contributed by atoms with van der Waals surface area (Å²) in [4.78, 5) is 40.1. The van der Waals surface area contributed by atoms with Gasteiger partial charge in [-0.25, -0.2) is 14.6 Å². The molecule has 3 rings (SSSR count). The number of urea groups is 1. The summed E-state index contributed by atoms with van der Waals surface area (Å²) >= 11 is 0.987. The van der Waals surface area contributed by atoms with Gasteiger partial charge in [-0.05, 0) is 12.8 Å². The number of carbonyl (C=O) groups is 3. The average Bonchev–Trinajstić information content (AvgIpc) is 3.08. The fourth-order valence-electron chi connectivity index (χ4n) is 2.78. The van der Waals surface area contributed by atoms with E-state index in [4.69, 9.17) is 5.11 Å². The predicted molar refractivity (Wildman–Crippen MR) is 69.4 cm³/mol. The lowest BCUT2D eigenvalue weighted by Crippen LogP contribution is -2.44. The molecule has 8 heteroatoms. The van der Waals surface area contributed by atoms with Gasteiger partial charge in [-0.2, -0.15) is 0 Å². The Bertz CT molecular complexity index is 591. The van der Waals surface area contributed by atoms with Gasteiger partial charge in [-0.1, -0.05) is 12.8 Å². The summed E-state index contributed by atoms with van der Waals surface area (Å²) in [5.74, 6) is -1.32. The monoisotopic (exact) mass is 295 g/mol. The van der Waals surface area contributed by atoms with Gasteiger partial charge in [0.2, 0.25) is 5.01 Å². The summed E-state index contributed by atoms with van der Waals surface area (Å²) in [5, 5.41) is 13.1. The standard InChI is InChI=1S/C12H13N3O4S/c16-9(17)8-13-7(6-20-8)5-15-10(18)12(14-11(15)19)3-1-2-4-12/h6H,1-5H2,(H,14,19)(H,16,17). The molecule has 1 aliphatic heterocycles. The number of carbonyl (C=O) groups excluding carboxylic acids is 2. The molecule has 106 valence electrons. The van der Waals surface area contributed by atoms with Crippen LogP contribution >= 0.6 is 11.3 Å². The zero-order chi connectivity index (χ0) is 14.3. The maximum Gasteiger partial charge on any atom is 0.365 e. The van der Waals surface area contributed by atoms with E-state index in [9.17, 15) is 14.4 Å². The van der Waals surface area contributed by atoms with Crippen LogP contribution in [0.3, 0.4) is 0 Å². The van der Waals surface area contributed by atoms with Gasteiger partial charge in [0.25, 0.3) is 5.91 Å². The molecule has 0 unspecified atom stereocenters. The number of aromatic nitrogens is 1. The van der Waals surface area contributed by atoms with Crippen molar-refractivity contribution in [3.8, 4) is 0 Å². The maximum atomic E-state index is 12.4. The number of aromatic carboxylic acids is 1. The van der Waals surface area contributed by atoms with E-state index < -0.39 is 17.5 Å². The van der Waals surface area contributed by atoms with Crippen LogP contribution in [0.1, 0.15) is 41.2 Å². The molecule has 2 heterocycles. The van der Waals surface area contributed by atoms with Crippen LogP contribution in [-0.2, 0) is 11.3 Å². The largest absolute Gasteiger partial charge is 0.476 e. The van der Waals surface area contributed by atoms with Gasteiger partial charge in [0.15, 0.2) is 0 Å². The summed E-state index contributed by atoms with van der Waals surface area (Å²) in [7, 11) is 0. The molecule has 1 aromatic rings. The molecule has 20 heavy (non-hydrogen) atoms. The van der Waals surface area contributed by atoms with Crippen LogP contribution in [0.25, 0.3) is 0 Å². The van der Waals surface area contributed by atoms with E-state index in [-0.39, 0.29) is 17.5 Å². The normalized spacial score (nSPS) is 20.7. The number of hydrogen-bond acceptors (Lipinski definition) is 5. The molecule has 2 aliphatic rings. The van der Waals surface area contributed by atoms with Crippen LogP contribution in [0.2, 0.25) is 0 Å². The highest BCUT2D eigenvalue weighted by Crippen LogP contribution is 2.35. The molecular formula is C12H13N3O4S. The Morgan fingerprint density at radius 1 is 1.45 bits per heavy atom.